The monoisotopic (exact) mass is 298 g/mol. The fourth-order valence-electron chi connectivity index (χ4n) is 3.96. The third-order valence-electron chi connectivity index (χ3n) is 5.50. The van der Waals surface area contributed by atoms with E-state index in [9.17, 15) is 0 Å². The molecule has 0 bridgehead atoms. The highest BCUT2D eigenvalue weighted by atomic mass is 32.2. The largest absolute Gasteiger partial charge is 0.311 e. The lowest BCUT2D eigenvalue weighted by molar-refractivity contribution is 0.0759. The molecule has 2 aliphatic rings. The first-order valence-corrected chi connectivity index (χ1v) is 9.72. The first-order chi connectivity index (χ1) is 9.47. The van der Waals surface area contributed by atoms with Crippen LogP contribution in [-0.2, 0) is 0 Å². The van der Waals surface area contributed by atoms with Gasteiger partial charge in [0.05, 0.1) is 0 Å². The van der Waals surface area contributed by atoms with Gasteiger partial charge in [-0.2, -0.15) is 11.8 Å². The zero-order chi connectivity index (χ0) is 14.8. The van der Waals surface area contributed by atoms with Gasteiger partial charge in [0.15, 0.2) is 0 Å². The van der Waals surface area contributed by atoms with E-state index in [1.54, 1.807) is 0 Å². The summed E-state index contributed by atoms with van der Waals surface area (Å²) in [6, 6.07) is 1.39. The van der Waals surface area contributed by atoms with Gasteiger partial charge < -0.3 is 5.32 Å². The molecule has 1 N–H and O–H groups in total. The molecule has 1 saturated carbocycles. The van der Waals surface area contributed by atoms with Crippen molar-refractivity contribution in [2.24, 2.45) is 11.8 Å². The number of nitrogens with one attached hydrogen (secondary N) is 1. The first-order valence-electron chi connectivity index (χ1n) is 8.50. The Morgan fingerprint density at radius 2 is 1.80 bits per heavy atom. The Morgan fingerprint density at radius 3 is 2.30 bits per heavy atom. The highest BCUT2D eigenvalue weighted by Gasteiger charge is 2.39. The van der Waals surface area contributed by atoms with Gasteiger partial charge in [-0.3, -0.25) is 4.90 Å². The summed E-state index contributed by atoms with van der Waals surface area (Å²) in [7, 11) is 0. The Labute approximate surface area is 130 Å². The van der Waals surface area contributed by atoms with Crippen LogP contribution in [0.25, 0.3) is 0 Å². The Bertz CT molecular complexity index is 297. The molecular weight excluding hydrogens is 264 g/mol. The summed E-state index contributed by atoms with van der Waals surface area (Å²) in [5.41, 5.74) is 0. The van der Waals surface area contributed by atoms with Crippen LogP contribution in [0.4, 0.5) is 0 Å². The van der Waals surface area contributed by atoms with Gasteiger partial charge >= 0.3 is 0 Å². The van der Waals surface area contributed by atoms with Crippen LogP contribution in [0, 0.1) is 11.8 Å². The van der Waals surface area contributed by atoms with Crippen molar-refractivity contribution in [2.45, 2.75) is 70.2 Å². The average molecular weight is 299 g/mol. The summed E-state index contributed by atoms with van der Waals surface area (Å²) in [4.78, 5) is 2.83. The van der Waals surface area contributed by atoms with E-state index in [1.807, 2.05) is 0 Å². The minimum atomic E-state index is 0.548. The van der Waals surface area contributed by atoms with Gasteiger partial charge in [0.2, 0.25) is 0 Å². The third kappa shape index (κ3) is 3.72. The SMILES string of the molecule is CSC1(CN2CC(C(C)C)NCC2C(C)C)CCCC1. The standard InChI is InChI=1S/C17H34N2S/c1-13(2)15-11-19(16(10-18-15)14(3)4)12-17(20-5)8-6-7-9-17/h13-16,18H,6-12H2,1-5H3. The molecule has 0 amide bonds. The second-order valence-electron chi connectivity index (χ2n) is 7.59. The topological polar surface area (TPSA) is 15.3 Å². The van der Waals surface area contributed by atoms with Crippen molar-refractivity contribution in [1.82, 2.24) is 10.2 Å². The van der Waals surface area contributed by atoms with E-state index in [1.165, 1.54) is 45.3 Å². The van der Waals surface area contributed by atoms with Crippen LogP contribution in [0.3, 0.4) is 0 Å². The lowest BCUT2D eigenvalue weighted by Crippen LogP contribution is -2.61. The predicted octanol–water partition coefficient (Wildman–Crippen LogP) is 3.62. The van der Waals surface area contributed by atoms with Crippen LogP contribution in [0.1, 0.15) is 53.4 Å². The van der Waals surface area contributed by atoms with Crippen LogP contribution in [0.2, 0.25) is 0 Å². The van der Waals surface area contributed by atoms with E-state index >= 15 is 0 Å². The van der Waals surface area contributed by atoms with Crippen molar-refractivity contribution >= 4 is 11.8 Å². The van der Waals surface area contributed by atoms with Crippen molar-refractivity contribution in [1.29, 1.82) is 0 Å². The minimum Gasteiger partial charge on any atom is -0.311 e. The molecule has 2 fully saturated rings. The number of hydrogen-bond acceptors (Lipinski definition) is 3. The summed E-state index contributed by atoms with van der Waals surface area (Å²) in [6.07, 6.45) is 8.06. The maximum Gasteiger partial charge on any atom is 0.0284 e. The molecule has 118 valence electrons. The van der Waals surface area contributed by atoms with E-state index in [0.717, 1.165) is 17.9 Å². The Morgan fingerprint density at radius 1 is 1.15 bits per heavy atom. The number of rotatable bonds is 5. The number of piperazine rings is 1. The summed E-state index contributed by atoms with van der Waals surface area (Å²) < 4.78 is 0.548. The predicted molar refractivity (Wildman–Crippen MR) is 91.5 cm³/mol. The molecule has 3 heteroatoms. The highest BCUT2D eigenvalue weighted by molar-refractivity contribution is 8.00. The van der Waals surface area contributed by atoms with Crippen molar-refractivity contribution in [3.05, 3.63) is 0 Å². The number of hydrogen-bond donors (Lipinski definition) is 1. The normalized spacial score (nSPS) is 31.4. The van der Waals surface area contributed by atoms with Crippen molar-refractivity contribution in [2.75, 3.05) is 25.9 Å². The van der Waals surface area contributed by atoms with Crippen LogP contribution in [0.5, 0.6) is 0 Å². The van der Waals surface area contributed by atoms with E-state index in [2.05, 4.69) is 55.9 Å². The third-order valence-corrected chi connectivity index (χ3v) is 6.91. The molecule has 1 aliphatic heterocycles. The Hall–Kier alpha value is 0.270. The van der Waals surface area contributed by atoms with Crippen LogP contribution >= 0.6 is 11.8 Å². The molecule has 2 atom stereocenters. The molecule has 0 spiro atoms. The maximum atomic E-state index is 3.79. The summed E-state index contributed by atoms with van der Waals surface area (Å²) in [5.74, 6) is 1.48. The highest BCUT2D eigenvalue weighted by Crippen LogP contribution is 2.41. The van der Waals surface area contributed by atoms with Crippen LogP contribution < -0.4 is 5.32 Å². The summed E-state index contributed by atoms with van der Waals surface area (Å²) in [5, 5.41) is 3.79. The molecule has 0 aromatic heterocycles. The Kier molecular flexibility index (Phi) is 5.84. The fourth-order valence-corrected chi connectivity index (χ4v) is 4.95. The molecule has 2 nitrogen and oxygen atoms in total. The second-order valence-corrected chi connectivity index (χ2v) is 8.87. The number of thioether (sulfide) groups is 1. The van der Waals surface area contributed by atoms with Crippen molar-refractivity contribution in [3.8, 4) is 0 Å². The van der Waals surface area contributed by atoms with Gasteiger partial charge in [-0.15, -0.1) is 0 Å². The second kappa shape index (κ2) is 7.02. The zero-order valence-corrected chi connectivity index (χ0v) is 14.9. The van der Waals surface area contributed by atoms with E-state index in [0.29, 0.717) is 10.8 Å². The summed E-state index contributed by atoms with van der Waals surface area (Å²) >= 11 is 2.13. The van der Waals surface area contributed by atoms with Crippen molar-refractivity contribution in [3.63, 3.8) is 0 Å². The van der Waals surface area contributed by atoms with E-state index in [-0.39, 0.29) is 0 Å². The molecule has 1 heterocycles. The lowest BCUT2D eigenvalue weighted by Gasteiger charge is -2.47. The first kappa shape index (κ1) is 16.6. The molecule has 2 unspecified atom stereocenters. The molecule has 20 heavy (non-hydrogen) atoms. The molecule has 0 aromatic carbocycles. The van der Waals surface area contributed by atoms with E-state index in [4.69, 9.17) is 0 Å². The molecule has 0 aromatic rings. The molecule has 0 radical (unpaired) electrons. The molecule has 1 saturated heterocycles. The molecular formula is C17H34N2S. The molecule has 2 rings (SSSR count). The van der Waals surface area contributed by atoms with Gasteiger partial charge in [0.25, 0.3) is 0 Å². The van der Waals surface area contributed by atoms with Gasteiger partial charge in [0, 0.05) is 36.5 Å². The fraction of sp³-hybridized carbons (Fsp3) is 1.00. The summed E-state index contributed by atoms with van der Waals surface area (Å²) in [6.45, 7) is 13.2. The van der Waals surface area contributed by atoms with Gasteiger partial charge in [-0.05, 0) is 30.9 Å². The zero-order valence-electron chi connectivity index (χ0n) is 14.1. The average Bonchev–Trinajstić information content (AvgIpc) is 2.87. The quantitative estimate of drug-likeness (QED) is 0.834. The van der Waals surface area contributed by atoms with Gasteiger partial charge in [0.1, 0.15) is 0 Å². The number of nitrogens with zero attached hydrogens (tertiary/aromatic N) is 1. The van der Waals surface area contributed by atoms with Crippen LogP contribution in [0.15, 0.2) is 0 Å². The van der Waals surface area contributed by atoms with Crippen molar-refractivity contribution < 1.29 is 0 Å². The van der Waals surface area contributed by atoms with Gasteiger partial charge in [-0.1, -0.05) is 40.5 Å². The maximum absolute atomic E-state index is 3.79. The Balaban J connectivity index is 2.06. The smallest absolute Gasteiger partial charge is 0.0284 e. The minimum absolute atomic E-state index is 0.548. The van der Waals surface area contributed by atoms with E-state index < -0.39 is 0 Å². The lowest BCUT2D eigenvalue weighted by atomic mass is 9.92. The van der Waals surface area contributed by atoms with Crippen LogP contribution in [-0.4, -0.2) is 47.6 Å². The van der Waals surface area contributed by atoms with Gasteiger partial charge in [-0.25, -0.2) is 0 Å². The molecule has 1 aliphatic carbocycles.